The molecule has 1 aromatic carbocycles. The molecular formula is C11H15BrN2. The van der Waals surface area contributed by atoms with E-state index in [4.69, 9.17) is 0 Å². The Balaban J connectivity index is 2.11. The van der Waals surface area contributed by atoms with E-state index in [1.165, 1.54) is 22.3 Å². The van der Waals surface area contributed by atoms with Crippen molar-refractivity contribution in [1.82, 2.24) is 5.32 Å². The first-order valence-electron chi connectivity index (χ1n) is 4.90. The number of aryl methyl sites for hydroxylation is 1. The van der Waals surface area contributed by atoms with Crippen molar-refractivity contribution in [2.45, 2.75) is 13.0 Å². The van der Waals surface area contributed by atoms with E-state index in [1.54, 1.807) is 0 Å². The molecule has 1 N–H and O–H groups in total. The first kappa shape index (κ1) is 9.99. The van der Waals surface area contributed by atoms with E-state index in [9.17, 15) is 0 Å². The van der Waals surface area contributed by atoms with Gasteiger partial charge < -0.3 is 10.2 Å². The largest absolute Gasteiger partial charge is 0.362 e. The third kappa shape index (κ3) is 1.93. The van der Waals surface area contributed by atoms with Crippen LogP contribution in [0.15, 0.2) is 22.7 Å². The van der Waals surface area contributed by atoms with Gasteiger partial charge in [0.15, 0.2) is 0 Å². The van der Waals surface area contributed by atoms with Crippen LogP contribution in [0.5, 0.6) is 0 Å². The maximum absolute atomic E-state index is 3.60. The molecule has 1 aliphatic rings. The summed E-state index contributed by atoms with van der Waals surface area (Å²) in [6.07, 6.45) is 0. The van der Waals surface area contributed by atoms with Crippen LogP contribution >= 0.6 is 15.9 Å². The van der Waals surface area contributed by atoms with E-state index in [0.717, 1.165) is 6.54 Å². The summed E-state index contributed by atoms with van der Waals surface area (Å²) in [7, 11) is 2.00. The average Bonchev–Trinajstić information content (AvgIpc) is 2.84. The van der Waals surface area contributed by atoms with Gasteiger partial charge in [-0.15, -0.1) is 0 Å². The van der Waals surface area contributed by atoms with Gasteiger partial charge in [-0.3, -0.25) is 0 Å². The summed E-state index contributed by atoms with van der Waals surface area (Å²) in [5.74, 6) is 0. The fourth-order valence-corrected chi connectivity index (χ4v) is 2.45. The van der Waals surface area contributed by atoms with Gasteiger partial charge >= 0.3 is 0 Å². The second kappa shape index (κ2) is 3.91. The number of hydrogen-bond donors (Lipinski definition) is 1. The summed E-state index contributed by atoms with van der Waals surface area (Å²) in [6.45, 7) is 4.35. The topological polar surface area (TPSA) is 15.0 Å². The van der Waals surface area contributed by atoms with E-state index in [1.807, 2.05) is 7.05 Å². The minimum Gasteiger partial charge on any atom is -0.362 e. The molecule has 1 aromatic rings. The molecule has 1 aliphatic heterocycles. The van der Waals surface area contributed by atoms with Gasteiger partial charge in [0.1, 0.15) is 0 Å². The van der Waals surface area contributed by atoms with Crippen molar-refractivity contribution in [1.29, 1.82) is 0 Å². The molecule has 0 aliphatic carbocycles. The lowest BCUT2D eigenvalue weighted by molar-refractivity contribution is 0.790. The molecular weight excluding hydrogens is 240 g/mol. The molecule has 0 aromatic heterocycles. The first-order valence-corrected chi connectivity index (χ1v) is 5.69. The number of nitrogens with zero attached hydrogens (tertiary/aromatic N) is 1. The molecule has 1 heterocycles. The van der Waals surface area contributed by atoms with Crippen molar-refractivity contribution in [2.24, 2.45) is 0 Å². The van der Waals surface area contributed by atoms with Gasteiger partial charge in [-0.1, -0.05) is 6.07 Å². The van der Waals surface area contributed by atoms with Gasteiger partial charge in [0.25, 0.3) is 0 Å². The molecule has 0 spiro atoms. The number of rotatable bonds is 3. The van der Waals surface area contributed by atoms with Gasteiger partial charge in [-0.05, 0) is 47.6 Å². The highest BCUT2D eigenvalue weighted by Gasteiger charge is 2.34. The Bertz CT molecular complexity index is 338. The maximum atomic E-state index is 3.60. The van der Waals surface area contributed by atoms with Crippen LogP contribution in [0.3, 0.4) is 0 Å². The summed E-state index contributed by atoms with van der Waals surface area (Å²) in [5.41, 5.74) is 2.61. The van der Waals surface area contributed by atoms with Crippen LogP contribution in [-0.2, 0) is 0 Å². The number of nitrogens with one attached hydrogen (secondary N) is 1. The Kier molecular flexibility index (Phi) is 2.79. The molecule has 1 saturated heterocycles. The monoisotopic (exact) mass is 254 g/mol. The van der Waals surface area contributed by atoms with Crippen molar-refractivity contribution in [2.75, 3.05) is 25.0 Å². The summed E-state index contributed by atoms with van der Waals surface area (Å²) in [4.78, 5) is 2.40. The zero-order valence-corrected chi connectivity index (χ0v) is 10.1. The van der Waals surface area contributed by atoms with Gasteiger partial charge in [-0.2, -0.15) is 0 Å². The molecule has 2 rings (SSSR count). The molecule has 3 heteroatoms. The number of hydrogen-bond acceptors (Lipinski definition) is 2. The van der Waals surface area contributed by atoms with Gasteiger partial charge in [-0.25, -0.2) is 0 Å². The van der Waals surface area contributed by atoms with Gasteiger partial charge in [0.05, 0.1) is 11.7 Å². The standard InChI is InChI=1S/C11H15BrN2/c1-8-3-4-11(10(12)5-8)14-7-9(14)6-13-2/h3-5,9,13H,6-7H2,1-2H3. The Morgan fingerprint density at radius 3 is 3.00 bits per heavy atom. The highest BCUT2D eigenvalue weighted by molar-refractivity contribution is 9.10. The molecule has 1 unspecified atom stereocenters. The number of benzene rings is 1. The Hall–Kier alpha value is -0.540. The second-order valence-corrected chi connectivity index (χ2v) is 4.67. The van der Waals surface area contributed by atoms with Crippen LogP contribution in [0.1, 0.15) is 5.56 Å². The molecule has 14 heavy (non-hydrogen) atoms. The molecule has 0 bridgehead atoms. The highest BCUT2D eigenvalue weighted by Crippen LogP contribution is 2.34. The quantitative estimate of drug-likeness (QED) is 0.832. The number of anilines is 1. The van der Waals surface area contributed by atoms with Crippen molar-refractivity contribution in [3.63, 3.8) is 0 Å². The summed E-state index contributed by atoms with van der Waals surface area (Å²) in [6, 6.07) is 7.20. The third-order valence-electron chi connectivity index (χ3n) is 2.57. The summed E-state index contributed by atoms with van der Waals surface area (Å²) < 4.78 is 1.20. The van der Waals surface area contributed by atoms with E-state index in [0.29, 0.717) is 6.04 Å². The molecule has 0 amide bonds. The van der Waals surface area contributed by atoms with E-state index < -0.39 is 0 Å². The van der Waals surface area contributed by atoms with Crippen LogP contribution in [0.25, 0.3) is 0 Å². The third-order valence-corrected chi connectivity index (χ3v) is 3.20. The minimum atomic E-state index is 0.680. The van der Waals surface area contributed by atoms with Gasteiger partial charge in [0, 0.05) is 17.6 Å². The van der Waals surface area contributed by atoms with Crippen LogP contribution in [0.4, 0.5) is 5.69 Å². The van der Waals surface area contributed by atoms with Crippen LogP contribution < -0.4 is 10.2 Å². The summed E-state index contributed by atoms with van der Waals surface area (Å²) >= 11 is 3.60. The molecule has 0 radical (unpaired) electrons. The van der Waals surface area contributed by atoms with Crippen molar-refractivity contribution >= 4 is 21.6 Å². The molecule has 1 fully saturated rings. The summed E-state index contributed by atoms with van der Waals surface area (Å²) in [5, 5.41) is 3.20. The van der Waals surface area contributed by atoms with Gasteiger partial charge in [0.2, 0.25) is 0 Å². The Morgan fingerprint density at radius 1 is 1.57 bits per heavy atom. The van der Waals surface area contributed by atoms with Crippen molar-refractivity contribution in [3.8, 4) is 0 Å². The second-order valence-electron chi connectivity index (χ2n) is 3.82. The number of halogens is 1. The highest BCUT2D eigenvalue weighted by atomic mass is 79.9. The lowest BCUT2D eigenvalue weighted by atomic mass is 10.2. The fourth-order valence-electron chi connectivity index (χ4n) is 1.73. The molecule has 2 nitrogen and oxygen atoms in total. The van der Waals surface area contributed by atoms with Crippen LogP contribution in [0.2, 0.25) is 0 Å². The molecule has 1 atom stereocenters. The predicted molar refractivity (Wildman–Crippen MR) is 63.9 cm³/mol. The fraction of sp³-hybridized carbons (Fsp3) is 0.455. The number of likely N-dealkylation sites (N-methyl/N-ethyl adjacent to an activating group) is 1. The van der Waals surface area contributed by atoms with E-state index in [-0.39, 0.29) is 0 Å². The van der Waals surface area contributed by atoms with Crippen LogP contribution in [0, 0.1) is 6.92 Å². The minimum absolute atomic E-state index is 0.680. The first-order chi connectivity index (χ1) is 6.72. The maximum Gasteiger partial charge on any atom is 0.0590 e. The van der Waals surface area contributed by atoms with E-state index >= 15 is 0 Å². The Labute approximate surface area is 93.4 Å². The predicted octanol–water partition coefficient (Wildman–Crippen LogP) is 2.17. The Morgan fingerprint density at radius 2 is 2.36 bits per heavy atom. The van der Waals surface area contributed by atoms with Crippen molar-refractivity contribution < 1.29 is 0 Å². The lowest BCUT2D eigenvalue weighted by Crippen LogP contribution is -2.17. The zero-order valence-electron chi connectivity index (χ0n) is 8.55. The smallest absolute Gasteiger partial charge is 0.0590 e. The van der Waals surface area contributed by atoms with Crippen molar-refractivity contribution in [3.05, 3.63) is 28.2 Å². The molecule has 76 valence electrons. The average molecular weight is 255 g/mol. The normalized spacial score (nSPS) is 19.9. The SMILES string of the molecule is CNCC1CN1c1ccc(C)cc1Br. The lowest BCUT2D eigenvalue weighted by Gasteiger charge is -2.08. The zero-order chi connectivity index (χ0) is 10.1. The molecule has 0 saturated carbocycles. The van der Waals surface area contributed by atoms with E-state index in [2.05, 4.69) is 51.3 Å². The van der Waals surface area contributed by atoms with Crippen LogP contribution in [-0.4, -0.2) is 26.2 Å².